The van der Waals surface area contributed by atoms with Gasteiger partial charge in [0.15, 0.2) is 0 Å². The largest absolute Gasteiger partial charge is 2.00 e. The monoisotopic (exact) mass is 1070 g/mol. The quantitative estimate of drug-likeness (QED) is 0.0179. The molecule has 0 saturated heterocycles. The summed E-state index contributed by atoms with van der Waals surface area (Å²) in [7, 11) is 0. The standard InChI is InChI=1S/2C18H36O2.2C6H14O6.C6H8O2.Mg/c2*1-2-3-4-5-6-7-8-9-10-11-12-13-14-15-16-17-18(19)20;2*7-1-3(9)5(11)6(12)4(10)2-8;1-2-3-4-5-6(7)8;/h2*2-17H2,1H3,(H,19,20);2*3-12H,1-2H2;2-5H,1H3,(H,7,8);/q;;;;;+2/p-2/b;;;;3-2+,5-4+;. The number of rotatable bonds is 44. The first kappa shape index (κ1) is 82.5. The smallest absolute Gasteiger partial charge is 0.550 e. The summed E-state index contributed by atoms with van der Waals surface area (Å²) in [5, 5.41) is 133. The number of hydrogen-bond acceptors (Lipinski definition) is 17. The average molecular weight is 1070 g/mol. The van der Waals surface area contributed by atoms with Crippen LogP contribution in [0, 0.1) is 0 Å². The molecule has 8 unspecified atom stereocenters. The van der Waals surface area contributed by atoms with Gasteiger partial charge >= 0.3 is 29.0 Å². The molecule has 18 nitrogen and oxygen atoms in total. The Morgan fingerprint density at radius 3 is 0.712 bits per heavy atom. The van der Waals surface area contributed by atoms with E-state index in [2.05, 4.69) is 13.8 Å². The third-order valence-corrected chi connectivity index (χ3v) is 11.5. The molecule has 19 heteroatoms. The van der Waals surface area contributed by atoms with E-state index in [0.29, 0.717) is 0 Å². The summed E-state index contributed by atoms with van der Waals surface area (Å²) < 4.78 is 0. The first-order chi connectivity index (χ1) is 34.4. The Morgan fingerprint density at radius 1 is 0.370 bits per heavy atom. The summed E-state index contributed by atoms with van der Waals surface area (Å²) in [6, 6.07) is 0. The third-order valence-electron chi connectivity index (χ3n) is 11.5. The van der Waals surface area contributed by atoms with Crippen molar-refractivity contribution < 1.29 is 91.0 Å². The van der Waals surface area contributed by atoms with Crippen LogP contribution in [0.2, 0.25) is 0 Å². The molecule has 0 aliphatic carbocycles. The van der Waals surface area contributed by atoms with Crippen LogP contribution in [0.1, 0.15) is 226 Å². The maximum atomic E-state index is 10.2. The average Bonchev–Trinajstić information content (AvgIpc) is 3.37. The number of aliphatic carboxylic acids is 3. The van der Waals surface area contributed by atoms with Crippen LogP contribution >= 0.6 is 0 Å². The van der Waals surface area contributed by atoms with Gasteiger partial charge in [-0.05, 0) is 32.6 Å². The first-order valence-electron chi connectivity index (χ1n) is 27.2. The molecule has 0 amide bonds. The van der Waals surface area contributed by atoms with Crippen molar-refractivity contribution in [1.29, 1.82) is 0 Å². The first-order valence-corrected chi connectivity index (χ1v) is 27.2. The van der Waals surface area contributed by atoms with Crippen LogP contribution in [-0.2, 0) is 14.4 Å². The molecule has 73 heavy (non-hydrogen) atoms. The fraction of sp³-hybridized carbons (Fsp3) is 0.870. The summed E-state index contributed by atoms with van der Waals surface area (Å²) in [5.74, 6) is -2.72. The third kappa shape index (κ3) is 68.2. The van der Waals surface area contributed by atoms with E-state index in [1.165, 1.54) is 173 Å². The zero-order chi connectivity index (χ0) is 55.6. The second-order valence-corrected chi connectivity index (χ2v) is 18.3. The number of carbonyl (C=O) groups excluding carboxylic acids is 2. The molecule has 8 atom stereocenters. The van der Waals surface area contributed by atoms with Crippen LogP contribution < -0.4 is 10.2 Å². The van der Waals surface area contributed by atoms with E-state index in [-0.39, 0.29) is 35.9 Å². The van der Waals surface area contributed by atoms with Crippen molar-refractivity contribution in [1.82, 2.24) is 0 Å². The topological polar surface area (TPSA) is 360 Å². The van der Waals surface area contributed by atoms with E-state index in [1.807, 2.05) is 6.92 Å². The minimum absolute atomic E-state index is 0. The number of carbonyl (C=O) groups is 3. The van der Waals surface area contributed by atoms with E-state index in [1.54, 1.807) is 12.2 Å². The van der Waals surface area contributed by atoms with Gasteiger partial charge in [-0.25, -0.2) is 4.79 Å². The van der Waals surface area contributed by atoms with Gasteiger partial charge in [0.1, 0.15) is 48.8 Å². The fourth-order valence-corrected chi connectivity index (χ4v) is 6.87. The van der Waals surface area contributed by atoms with Gasteiger partial charge in [-0.3, -0.25) is 0 Å². The maximum Gasteiger partial charge on any atom is 2.00 e. The Morgan fingerprint density at radius 2 is 0.562 bits per heavy atom. The number of carboxylic acids is 3. The van der Waals surface area contributed by atoms with Gasteiger partial charge in [-0.1, -0.05) is 212 Å². The van der Waals surface area contributed by atoms with Crippen molar-refractivity contribution in [3.63, 3.8) is 0 Å². The van der Waals surface area contributed by atoms with E-state index in [0.717, 1.165) is 31.8 Å². The fourth-order valence-electron chi connectivity index (χ4n) is 6.87. The van der Waals surface area contributed by atoms with Gasteiger partial charge in [-0.15, -0.1) is 0 Å². The van der Waals surface area contributed by atoms with Gasteiger partial charge in [-0.2, -0.15) is 0 Å². The van der Waals surface area contributed by atoms with E-state index < -0.39 is 93.2 Å². The number of hydrogen-bond donors (Lipinski definition) is 13. The van der Waals surface area contributed by atoms with Crippen LogP contribution in [0.3, 0.4) is 0 Å². The van der Waals surface area contributed by atoms with Crippen molar-refractivity contribution in [2.45, 2.75) is 275 Å². The molecule has 0 aliphatic heterocycles. The Bertz CT molecular complexity index is 1080. The predicted molar refractivity (Wildman–Crippen MR) is 283 cm³/mol. The number of unbranched alkanes of at least 4 members (excludes halogenated alkanes) is 28. The zero-order valence-electron chi connectivity index (χ0n) is 45.4. The van der Waals surface area contributed by atoms with Crippen molar-refractivity contribution in [3.05, 3.63) is 24.3 Å². The summed E-state index contributed by atoms with van der Waals surface area (Å²) >= 11 is 0. The molecule has 0 rings (SSSR count). The normalized spacial score (nSPS) is 14.2. The Labute approximate surface area is 455 Å². The Kier molecular flexibility index (Phi) is 74.9. The molecule has 0 radical (unpaired) electrons. The van der Waals surface area contributed by atoms with Crippen molar-refractivity contribution >= 4 is 41.0 Å². The summed E-state index contributed by atoms with van der Waals surface area (Å²) in [6.07, 6.45) is 32.9. The maximum absolute atomic E-state index is 10.2. The van der Waals surface area contributed by atoms with Crippen LogP contribution in [0.25, 0.3) is 0 Å². The van der Waals surface area contributed by atoms with Crippen LogP contribution in [0.5, 0.6) is 0 Å². The number of aliphatic hydroxyl groups is 12. The van der Waals surface area contributed by atoms with Crippen molar-refractivity contribution in [2.75, 3.05) is 26.4 Å². The molecular formula is C54H106MgO18. The van der Waals surface area contributed by atoms with E-state index in [9.17, 15) is 24.6 Å². The molecule has 0 aromatic rings. The van der Waals surface area contributed by atoms with Gasteiger partial charge in [0.25, 0.3) is 0 Å². The van der Waals surface area contributed by atoms with Crippen LogP contribution in [-0.4, -0.2) is 183 Å². The molecule has 0 fully saturated rings. The summed E-state index contributed by atoms with van der Waals surface area (Å²) in [6.45, 7) is 3.46. The van der Waals surface area contributed by atoms with Gasteiger partial charge < -0.3 is 86.2 Å². The molecule has 13 N–H and O–H groups in total. The Hall–Kier alpha value is -1.82. The summed E-state index contributed by atoms with van der Waals surface area (Å²) in [4.78, 5) is 30.2. The molecule has 0 aliphatic rings. The van der Waals surface area contributed by atoms with E-state index >= 15 is 0 Å². The Balaban J connectivity index is -0.000000199. The molecule has 0 saturated carbocycles. The van der Waals surface area contributed by atoms with Gasteiger partial charge in [0.05, 0.1) is 26.4 Å². The molecule has 0 aromatic carbocycles. The molecular weight excluding hydrogens is 961 g/mol. The second-order valence-electron chi connectivity index (χ2n) is 18.3. The molecule has 0 aromatic heterocycles. The van der Waals surface area contributed by atoms with E-state index in [4.69, 9.17) is 66.4 Å². The minimum atomic E-state index is -1.67. The van der Waals surface area contributed by atoms with Crippen LogP contribution in [0.4, 0.5) is 0 Å². The zero-order valence-corrected chi connectivity index (χ0v) is 46.9. The second kappa shape index (κ2) is 66.3. The number of carboxylic acid groups (broad SMARTS) is 3. The molecule has 0 spiro atoms. The minimum Gasteiger partial charge on any atom is -0.550 e. The summed E-state index contributed by atoms with van der Waals surface area (Å²) in [5.41, 5.74) is 0. The van der Waals surface area contributed by atoms with Crippen molar-refractivity contribution in [2.24, 2.45) is 0 Å². The SMILES string of the molecule is C/C=C/C=C/C(=O)O.CCCCCCCCCCCCCCCCCC(=O)[O-].CCCCCCCCCCCCCCCCCC(=O)[O-].OCC(O)C(O)C(O)C(O)CO.OCC(O)C(O)C(O)C(O)CO.[Mg+2]. The number of allylic oxidation sites excluding steroid dienone is 3. The predicted octanol–water partition coefficient (Wildman–Crippen LogP) is 3.65. The van der Waals surface area contributed by atoms with Crippen LogP contribution in [0.15, 0.2) is 24.3 Å². The van der Waals surface area contributed by atoms with Crippen molar-refractivity contribution in [3.8, 4) is 0 Å². The van der Waals surface area contributed by atoms with Gasteiger partial charge in [0.2, 0.25) is 0 Å². The number of aliphatic hydroxyl groups excluding tert-OH is 12. The molecule has 432 valence electrons. The molecule has 0 heterocycles. The van der Waals surface area contributed by atoms with Gasteiger partial charge in [0, 0.05) is 18.0 Å². The molecule has 0 bridgehead atoms.